The van der Waals surface area contributed by atoms with E-state index in [4.69, 9.17) is 22.1 Å². The van der Waals surface area contributed by atoms with E-state index in [-0.39, 0.29) is 16.8 Å². The average molecular weight is 346 g/mol. The molecule has 6 heteroatoms. The van der Waals surface area contributed by atoms with E-state index in [1.165, 1.54) is 12.3 Å². The largest absolute Gasteiger partial charge is 0.397 e. The first-order valence-electron chi connectivity index (χ1n) is 7.94. The summed E-state index contributed by atoms with van der Waals surface area (Å²) in [6.45, 7) is 4.47. The van der Waals surface area contributed by atoms with E-state index < -0.39 is 5.82 Å². The smallest absolute Gasteiger partial charge is 0.150 e. The minimum absolute atomic E-state index is 0.0767. The topological polar surface area (TPSA) is 61.0 Å². The molecule has 4 heterocycles. The van der Waals surface area contributed by atoms with Gasteiger partial charge in [0.15, 0.2) is 5.82 Å². The highest BCUT2D eigenvalue weighted by Gasteiger charge is 2.34. The van der Waals surface area contributed by atoms with Crippen LogP contribution in [0.25, 0.3) is 17.0 Å². The molecule has 1 saturated heterocycles. The zero-order valence-electron chi connectivity index (χ0n) is 13.1. The Hall–Kier alpha value is -1.98. The molecule has 3 aliphatic rings. The maximum Gasteiger partial charge on any atom is 0.150 e. The maximum atomic E-state index is 14.5. The highest BCUT2D eigenvalue weighted by molar-refractivity contribution is 6.30. The van der Waals surface area contributed by atoms with Crippen molar-refractivity contribution < 1.29 is 9.13 Å². The zero-order valence-corrected chi connectivity index (χ0v) is 13.8. The molecule has 2 N–H and O–H groups in total. The van der Waals surface area contributed by atoms with Gasteiger partial charge >= 0.3 is 0 Å². The average Bonchev–Trinajstić information content (AvgIpc) is 2.84. The molecular weight excluding hydrogens is 329 g/mol. The molecule has 2 aromatic rings. The molecule has 2 atom stereocenters. The molecule has 0 amide bonds. The van der Waals surface area contributed by atoms with Gasteiger partial charge in [0, 0.05) is 11.8 Å². The second kappa shape index (κ2) is 5.83. The molecule has 0 saturated carbocycles. The summed E-state index contributed by atoms with van der Waals surface area (Å²) in [5.41, 5.74) is 9.54. The second-order valence-corrected chi connectivity index (χ2v) is 6.83. The zero-order chi connectivity index (χ0) is 16.8. The predicted octanol–water partition coefficient (Wildman–Crippen LogP) is 3.89. The second-order valence-electron chi connectivity index (χ2n) is 6.40. The molecule has 0 aromatic carbocycles. The number of ether oxygens (including phenoxy) is 1. The lowest BCUT2D eigenvalue weighted by Gasteiger charge is -2.23. The molecule has 0 unspecified atom stereocenters. The number of halogens is 2. The number of hydrogen-bond donors (Lipinski definition) is 1. The van der Waals surface area contributed by atoms with Gasteiger partial charge in [-0.15, -0.1) is 0 Å². The third-order valence-electron chi connectivity index (χ3n) is 4.72. The standard InChI is InChI=1S/C18H17ClFN3O/c1-9(21)15-6-13(17-14(20)5-11(19)7-22-17)12-4-10-2-3-16(24-8-10)18(12)23-15/h5-7,10,16H,1-4,8,21H2/t10-,16-/m0/s1. The van der Waals surface area contributed by atoms with Crippen molar-refractivity contribution in [2.45, 2.75) is 25.4 Å². The lowest BCUT2D eigenvalue weighted by molar-refractivity contribution is -0.0109. The van der Waals surface area contributed by atoms with Crippen LogP contribution in [0.15, 0.2) is 24.9 Å². The van der Waals surface area contributed by atoms with Crippen LogP contribution in [-0.4, -0.2) is 16.6 Å². The van der Waals surface area contributed by atoms with Crippen LogP contribution < -0.4 is 5.73 Å². The molecule has 1 aliphatic carbocycles. The third kappa shape index (κ3) is 2.58. The first kappa shape index (κ1) is 15.5. The van der Waals surface area contributed by atoms with Gasteiger partial charge in [0.2, 0.25) is 0 Å². The lowest BCUT2D eigenvalue weighted by Crippen LogP contribution is -2.17. The highest BCUT2D eigenvalue weighted by atomic mass is 35.5. The van der Waals surface area contributed by atoms with E-state index in [1.807, 2.05) is 0 Å². The summed E-state index contributed by atoms with van der Waals surface area (Å²) >= 11 is 5.84. The van der Waals surface area contributed by atoms with Gasteiger partial charge in [-0.25, -0.2) is 9.37 Å². The minimum atomic E-state index is -0.456. The lowest BCUT2D eigenvalue weighted by atomic mass is 9.93. The molecule has 2 aromatic heterocycles. The Morgan fingerprint density at radius 2 is 2.21 bits per heavy atom. The van der Waals surface area contributed by atoms with E-state index in [0.717, 1.165) is 30.5 Å². The van der Waals surface area contributed by atoms with Crippen molar-refractivity contribution in [1.82, 2.24) is 9.97 Å². The summed E-state index contributed by atoms with van der Waals surface area (Å²) < 4.78 is 20.4. The fourth-order valence-corrected chi connectivity index (χ4v) is 3.68. The summed E-state index contributed by atoms with van der Waals surface area (Å²) in [6, 6.07) is 3.04. The first-order chi connectivity index (χ1) is 11.5. The summed E-state index contributed by atoms with van der Waals surface area (Å²) in [6.07, 6.45) is 4.17. The van der Waals surface area contributed by atoms with Crippen LogP contribution in [0.3, 0.4) is 0 Å². The van der Waals surface area contributed by atoms with E-state index in [1.54, 1.807) is 6.07 Å². The number of pyridine rings is 2. The Kier molecular flexibility index (Phi) is 3.77. The van der Waals surface area contributed by atoms with Crippen molar-refractivity contribution in [1.29, 1.82) is 0 Å². The van der Waals surface area contributed by atoms with Crippen molar-refractivity contribution in [3.63, 3.8) is 0 Å². The molecule has 0 spiro atoms. The maximum absolute atomic E-state index is 14.5. The van der Waals surface area contributed by atoms with Crippen molar-refractivity contribution in [2.24, 2.45) is 11.7 Å². The van der Waals surface area contributed by atoms with Gasteiger partial charge in [0.1, 0.15) is 5.69 Å². The minimum Gasteiger partial charge on any atom is -0.397 e. The van der Waals surface area contributed by atoms with Crippen LogP contribution in [-0.2, 0) is 11.2 Å². The van der Waals surface area contributed by atoms with Crippen molar-refractivity contribution >= 4 is 17.3 Å². The van der Waals surface area contributed by atoms with Crippen LogP contribution in [0, 0.1) is 11.7 Å². The SMILES string of the molecule is C=C(N)c1cc(-c2ncc(Cl)cc2F)c2c(n1)[C@@H]1CC[C@H](CO1)C2. The van der Waals surface area contributed by atoms with Crippen LogP contribution in [0.5, 0.6) is 0 Å². The van der Waals surface area contributed by atoms with Gasteiger partial charge in [-0.05, 0) is 42.9 Å². The van der Waals surface area contributed by atoms with Crippen LogP contribution >= 0.6 is 11.6 Å². The van der Waals surface area contributed by atoms with Crippen LogP contribution in [0.4, 0.5) is 4.39 Å². The first-order valence-corrected chi connectivity index (χ1v) is 8.32. The molecule has 1 fully saturated rings. The fraction of sp³-hybridized carbons (Fsp3) is 0.333. The van der Waals surface area contributed by atoms with Crippen molar-refractivity contribution in [3.8, 4) is 11.3 Å². The molecule has 24 heavy (non-hydrogen) atoms. The van der Waals surface area contributed by atoms with Crippen molar-refractivity contribution in [3.05, 3.63) is 52.7 Å². The summed E-state index contributed by atoms with van der Waals surface area (Å²) in [5, 5.41) is 0.267. The number of aromatic nitrogens is 2. The van der Waals surface area contributed by atoms with Gasteiger partial charge in [0.25, 0.3) is 0 Å². The Bertz CT molecular complexity index is 831. The Morgan fingerprint density at radius 1 is 1.38 bits per heavy atom. The van der Waals surface area contributed by atoms with E-state index in [2.05, 4.69) is 16.5 Å². The molecule has 0 radical (unpaired) electrons. The Morgan fingerprint density at radius 3 is 2.88 bits per heavy atom. The number of hydrogen-bond acceptors (Lipinski definition) is 4. The van der Waals surface area contributed by atoms with Gasteiger partial charge < -0.3 is 10.5 Å². The molecule has 2 bridgehead atoms. The summed E-state index contributed by atoms with van der Waals surface area (Å²) in [4.78, 5) is 8.87. The van der Waals surface area contributed by atoms with E-state index in [9.17, 15) is 4.39 Å². The third-order valence-corrected chi connectivity index (χ3v) is 4.92. The van der Waals surface area contributed by atoms with Gasteiger partial charge in [-0.2, -0.15) is 0 Å². The summed E-state index contributed by atoms with van der Waals surface area (Å²) in [7, 11) is 0. The van der Waals surface area contributed by atoms with Crippen LogP contribution in [0.1, 0.15) is 35.9 Å². The molecule has 124 valence electrons. The number of nitrogens with zero attached hydrogens (tertiary/aromatic N) is 2. The van der Waals surface area contributed by atoms with Crippen molar-refractivity contribution in [2.75, 3.05) is 6.61 Å². The molecule has 4 nitrogen and oxygen atoms in total. The summed E-state index contributed by atoms with van der Waals surface area (Å²) in [5.74, 6) is -0.0349. The number of rotatable bonds is 2. The van der Waals surface area contributed by atoms with Gasteiger partial charge in [0.05, 0.1) is 34.8 Å². The Balaban J connectivity index is 1.97. The predicted molar refractivity (Wildman–Crippen MR) is 90.8 cm³/mol. The van der Waals surface area contributed by atoms with Gasteiger partial charge in [-0.1, -0.05) is 18.2 Å². The monoisotopic (exact) mass is 345 g/mol. The van der Waals surface area contributed by atoms with E-state index in [0.29, 0.717) is 29.5 Å². The van der Waals surface area contributed by atoms with E-state index >= 15 is 0 Å². The molecular formula is C18H17ClFN3O. The molecule has 2 aliphatic heterocycles. The van der Waals surface area contributed by atoms with Crippen LogP contribution in [0.2, 0.25) is 5.02 Å². The number of fused-ring (bicyclic) bond motifs is 2. The van der Waals surface area contributed by atoms with Gasteiger partial charge in [-0.3, -0.25) is 4.98 Å². The fourth-order valence-electron chi connectivity index (χ4n) is 3.53. The molecule has 5 rings (SSSR count). The quantitative estimate of drug-likeness (QED) is 0.897. The highest BCUT2D eigenvalue weighted by Crippen LogP contribution is 2.42. The number of nitrogens with two attached hydrogens (primary N) is 1. The normalized spacial score (nSPS) is 22.1. The Labute approximate surface area is 144 Å².